The molecule has 0 aliphatic heterocycles. The van der Waals surface area contributed by atoms with Gasteiger partial charge < -0.3 is 4.74 Å². The summed E-state index contributed by atoms with van der Waals surface area (Å²) in [5.41, 5.74) is 0.134. The highest BCUT2D eigenvalue weighted by Crippen LogP contribution is 2.31. The second-order valence-electron chi connectivity index (χ2n) is 2.24. The maximum Gasteiger partial charge on any atom is 0.257 e. The van der Waals surface area contributed by atoms with Crippen LogP contribution in [0.25, 0.3) is 0 Å². The van der Waals surface area contributed by atoms with Gasteiger partial charge in [0.15, 0.2) is 0 Å². The molecule has 1 aromatic rings. The van der Waals surface area contributed by atoms with E-state index in [0.29, 0.717) is 5.02 Å². The Morgan fingerprint density at radius 1 is 1.38 bits per heavy atom. The lowest BCUT2D eigenvalue weighted by Crippen LogP contribution is -1.96. The highest BCUT2D eigenvalue weighted by Gasteiger charge is 2.15. The molecule has 2 nitrogen and oxygen atoms in total. The molecule has 0 saturated carbocycles. The Labute approximate surface area is 90.3 Å². The van der Waals surface area contributed by atoms with E-state index >= 15 is 0 Å². The molecule has 0 amide bonds. The van der Waals surface area contributed by atoms with E-state index in [9.17, 15) is 4.79 Å². The number of hydrogen-bond donors (Lipinski definition) is 0. The van der Waals surface area contributed by atoms with E-state index < -0.39 is 5.24 Å². The summed E-state index contributed by atoms with van der Waals surface area (Å²) in [7, 11) is 1.41. The second kappa shape index (κ2) is 4.18. The molecule has 0 heterocycles. The minimum atomic E-state index is -0.668. The Bertz CT molecular complexity index is 349. The first-order valence-corrected chi connectivity index (χ1v) is 4.42. The van der Waals surface area contributed by atoms with Gasteiger partial charge in [-0.05, 0) is 23.7 Å². The maximum atomic E-state index is 10.9. The molecular weight excluding hydrogens is 234 g/mol. The minimum Gasteiger partial charge on any atom is -0.496 e. The number of rotatable bonds is 2. The molecule has 0 N–H and O–H groups in total. The zero-order chi connectivity index (χ0) is 10.0. The molecule has 1 aromatic carbocycles. The Hall–Kier alpha value is -0.440. The van der Waals surface area contributed by atoms with Gasteiger partial charge in [0.2, 0.25) is 0 Å². The van der Waals surface area contributed by atoms with Gasteiger partial charge in [-0.1, -0.05) is 23.2 Å². The Morgan fingerprint density at radius 2 is 2.00 bits per heavy atom. The topological polar surface area (TPSA) is 26.3 Å². The predicted molar refractivity (Wildman–Crippen MR) is 53.2 cm³/mol. The zero-order valence-corrected chi connectivity index (χ0v) is 8.87. The number of carbonyl (C=O) groups is 1. The van der Waals surface area contributed by atoms with Crippen molar-refractivity contribution in [1.29, 1.82) is 0 Å². The largest absolute Gasteiger partial charge is 0.496 e. The van der Waals surface area contributed by atoms with Crippen molar-refractivity contribution < 1.29 is 9.53 Å². The first-order chi connectivity index (χ1) is 6.06. The Balaban J connectivity index is 3.38. The minimum absolute atomic E-state index is 0.134. The number of hydrogen-bond acceptors (Lipinski definition) is 2. The van der Waals surface area contributed by atoms with Gasteiger partial charge in [0.1, 0.15) is 5.75 Å². The fraction of sp³-hybridized carbons (Fsp3) is 0.125. The molecule has 0 aliphatic carbocycles. The fourth-order valence-electron chi connectivity index (χ4n) is 0.902. The fourth-order valence-corrected chi connectivity index (χ4v) is 1.71. The van der Waals surface area contributed by atoms with Crippen LogP contribution in [0.5, 0.6) is 5.75 Å². The van der Waals surface area contributed by atoms with E-state index in [1.165, 1.54) is 19.2 Å². The van der Waals surface area contributed by atoms with E-state index in [-0.39, 0.29) is 16.3 Å². The van der Waals surface area contributed by atoms with Crippen molar-refractivity contribution in [2.45, 2.75) is 0 Å². The number of ether oxygens (including phenoxy) is 1. The highest BCUT2D eigenvalue weighted by molar-refractivity contribution is 6.69. The average molecular weight is 239 g/mol. The van der Waals surface area contributed by atoms with E-state index in [0.717, 1.165) is 0 Å². The normalized spacial score (nSPS) is 9.85. The van der Waals surface area contributed by atoms with Gasteiger partial charge in [0.25, 0.3) is 5.24 Å². The third-order valence-corrected chi connectivity index (χ3v) is 2.14. The molecule has 0 fully saturated rings. The number of halogens is 3. The van der Waals surface area contributed by atoms with Crippen molar-refractivity contribution in [3.05, 3.63) is 27.7 Å². The summed E-state index contributed by atoms with van der Waals surface area (Å²) >= 11 is 16.7. The van der Waals surface area contributed by atoms with Gasteiger partial charge in [-0.3, -0.25) is 4.79 Å². The van der Waals surface area contributed by atoms with Crippen LogP contribution in [-0.4, -0.2) is 12.4 Å². The van der Waals surface area contributed by atoms with Crippen molar-refractivity contribution in [2.75, 3.05) is 7.11 Å². The molecule has 0 saturated heterocycles. The molecule has 0 spiro atoms. The molecule has 70 valence electrons. The molecule has 0 radical (unpaired) electrons. The lowest BCUT2D eigenvalue weighted by atomic mass is 10.2. The van der Waals surface area contributed by atoms with Crippen LogP contribution in [0.3, 0.4) is 0 Å². The van der Waals surface area contributed by atoms with Crippen molar-refractivity contribution in [3.8, 4) is 5.75 Å². The monoisotopic (exact) mass is 238 g/mol. The summed E-state index contributed by atoms with van der Waals surface area (Å²) in [4.78, 5) is 10.9. The van der Waals surface area contributed by atoms with Crippen LogP contribution in [0.1, 0.15) is 10.4 Å². The maximum absolute atomic E-state index is 10.9. The molecule has 5 heteroatoms. The van der Waals surface area contributed by atoms with E-state index in [1.54, 1.807) is 0 Å². The quantitative estimate of drug-likeness (QED) is 0.740. The summed E-state index contributed by atoms with van der Waals surface area (Å²) in [6.07, 6.45) is 0. The average Bonchev–Trinajstić information content (AvgIpc) is 2.01. The first-order valence-electron chi connectivity index (χ1n) is 3.29. The Morgan fingerprint density at radius 3 is 2.46 bits per heavy atom. The van der Waals surface area contributed by atoms with Crippen LogP contribution in [-0.2, 0) is 0 Å². The van der Waals surface area contributed by atoms with Gasteiger partial charge in [-0.25, -0.2) is 0 Å². The van der Waals surface area contributed by atoms with Crippen LogP contribution in [0.15, 0.2) is 12.1 Å². The van der Waals surface area contributed by atoms with Gasteiger partial charge in [-0.15, -0.1) is 0 Å². The number of methoxy groups -OCH3 is 1. The summed E-state index contributed by atoms with van der Waals surface area (Å²) in [6.45, 7) is 0. The lowest BCUT2D eigenvalue weighted by Gasteiger charge is -2.06. The van der Waals surface area contributed by atoms with Gasteiger partial charge in [0.05, 0.1) is 17.7 Å². The third kappa shape index (κ3) is 2.27. The molecule has 0 bridgehead atoms. The summed E-state index contributed by atoms with van der Waals surface area (Å²) < 4.78 is 4.89. The van der Waals surface area contributed by atoms with Gasteiger partial charge in [0, 0.05) is 5.02 Å². The molecule has 1 rings (SSSR count). The van der Waals surface area contributed by atoms with Gasteiger partial charge >= 0.3 is 0 Å². The molecule has 0 unspecified atom stereocenters. The van der Waals surface area contributed by atoms with E-state index in [2.05, 4.69) is 0 Å². The van der Waals surface area contributed by atoms with Crippen molar-refractivity contribution in [1.82, 2.24) is 0 Å². The highest BCUT2D eigenvalue weighted by atomic mass is 35.5. The van der Waals surface area contributed by atoms with Crippen molar-refractivity contribution in [3.63, 3.8) is 0 Å². The van der Waals surface area contributed by atoms with Crippen LogP contribution in [0.2, 0.25) is 10.0 Å². The summed E-state index contributed by atoms with van der Waals surface area (Å²) in [5.74, 6) is 0.275. The predicted octanol–water partition coefficient (Wildman–Crippen LogP) is 3.38. The summed E-state index contributed by atoms with van der Waals surface area (Å²) in [5, 5.41) is -0.0913. The van der Waals surface area contributed by atoms with Crippen molar-refractivity contribution in [2.24, 2.45) is 0 Å². The molecule has 0 aliphatic rings. The van der Waals surface area contributed by atoms with E-state index in [1.807, 2.05) is 0 Å². The molecule has 0 atom stereocenters. The standard InChI is InChI=1S/C8H5Cl3O2/c1-13-6-3-4(9)2-5(10)7(6)8(11)12/h2-3H,1H3. The first kappa shape index (κ1) is 10.6. The molecular formula is C8H5Cl3O2. The molecule has 13 heavy (non-hydrogen) atoms. The smallest absolute Gasteiger partial charge is 0.257 e. The van der Waals surface area contributed by atoms with Crippen LogP contribution >= 0.6 is 34.8 Å². The number of benzene rings is 1. The third-order valence-electron chi connectivity index (χ3n) is 1.44. The van der Waals surface area contributed by atoms with E-state index in [4.69, 9.17) is 39.5 Å². The zero-order valence-electron chi connectivity index (χ0n) is 6.61. The Kier molecular flexibility index (Phi) is 3.42. The van der Waals surface area contributed by atoms with Crippen molar-refractivity contribution >= 4 is 40.0 Å². The molecule has 0 aromatic heterocycles. The number of carbonyl (C=O) groups excluding carboxylic acids is 1. The van der Waals surface area contributed by atoms with Crippen LogP contribution in [0, 0.1) is 0 Å². The second-order valence-corrected chi connectivity index (χ2v) is 3.43. The SMILES string of the molecule is COc1cc(Cl)cc(Cl)c1C(=O)Cl. The van der Waals surface area contributed by atoms with Crippen LogP contribution in [0.4, 0.5) is 0 Å². The van der Waals surface area contributed by atoms with Gasteiger partial charge in [-0.2, -0.15) is 0 Å². The summed E-state index contributed by atoms with van der Waals surface area (Å²) in [6, 6.07) is 2.91. The lowest BCUT2D eigenvalue weighted by molar-refractivity contribution is 0.107. The van der Waals surface area contributed by atoms with Crippen LogP contribution < -0.4 is 4.74 Å².